The Labute approximate surface area is 200 Å². The predicted octanol–water partition coefficient (Wildman–Crippen LogP) is 5.69. The van der Waals surface area contributed by atoms with E-state index in [0.29, 0.717) is 12.5 Å². The zero-order chi connectivity index (χ0) is 24.1. The van der Waals surface area contributed by atoms with Crippen molar-refractivity contribution in [2.75, 3.05) is 39.9 Å². The summed E-state index contributed by atoms with van der Waals surface area (Å²) in [6.45, 7) is 16.5. The van der Waals surface area contributed by atoms with Gasteiger partial charge >= 0.3 is 0 Å². The van der Waals surface area contributed by atoms with Crippen LogP contribution in [0.4, 0.5) is 0 Å². The Balaban J connectivity index is 1.67. The second-order valence-corrected chi connectivity index (χ2v) is 9.65. The Bertz CT molecular complexity index is 764. The van der Waals surface area contributed by atoms with Gasteiger partial charge in [-0.25, -0.2) is 0 Å². The molecule has 0 aromatic carbocycles. The summed E-state index contributed by atoms with van der Waals surface area (Å²) in [6, 6.07) is 0. The van der Waals surface area contributed by atoms with E-state index in [1.807, 2.05) is 46.1 Å². The fraction of sp³-hybridized carbons (Fsp3) is 0.630. The number of allylic oxidation sites excluding steroid dienone is 4. The third-order valence-corrected chi connectivity index (χ3v) is 5.70. The van der Waals surface area contributed by atoms with Gasteiger partial charge in [0.25, 0.3) is 0 Å². The van der Waals surface area contributed by atoms with E-state index >= 15 is 0 Å². The zero-order valence-corrected chi connectivity index (χ0v) is 21.3. The van der Waals surface area contributed by atoms with Gasteiger partial charge in [-0.15, -0.1) is 0 Å². The largest absolute Gasteiger partial charge is 0.498 e. The van der Waals surface area contributed by atoms with E-state index in [2.05, 4.69) is 21.5 Å². The van der Waals surface area contributed by atoms with Crippen molar-refractivity contribution in [1.29, 1.82) is 0 Å². The minimum absolute atomic E-state index is 0.221. The minimum atomic E-state index is -0.221. The first-order valence-corrected chi connectivity index (χ1v) is 12.1. The summed E-state index contributed by atoms with van der Waals surface area (Å²) in [6.07, 6.45) is 14.5. The fourth-order valence-electron chi connectivity index (χ4n) is 3.83. The number of piperidine rings is 1. The number of methoxy groups -OCH3 is 1. The van der Waals surface area contributed by atoms with Gasteiger partial charge in [0.15, 0.2) is 0 Å². The Morgan fingerprint density at radius 2 is 2.03 bits per heavy atom. The number of aliphatic imine (C=N–C) groups is 2. The predicted molar refractivity (Wildman–Crippen MR) is 138 cm³/mol. The molecule has 0 spiro atoms. The molecule has 1 saturated heterocycles. The molecule has 0 amide bonds. The monoisotopic (exact) mass is 457 g/mol. The summed E-state index contributed by atoms with van der Waals surface area (Å²) >= 11 is 0. The highest BCUT2D eigenvalue weighted by molar-refractivity contribution is 6.30. The van der Waals surface area contributed by atoms with Gasteiger partial charge in [0.1, 0.15) is 22.9 Å². The maximum Gasteiger partial charge on any atom is 0.137 e. The molecule has 2 aliphatic heterocycles. The Morgan fingerprint density at radius 3 is 2.70 bits per heavy atom. The van der Waals surface area contributed by atoms with Crippen LogP contribution >= 0.6 is 0 Å². The highest BCUT2D eigenvalue weighted by Gasteiger charge is 2.20. The van der Waals surface area contributed by atoms with Gasteiger partial charge in [-0.05, 0) is 78.9 Å². The molecule has 6 heteroatoms. The highest BCUT2D eigenvalue weighted by Crippen LogP contribution is 2.21. The van der Waals surface area contributed by atoms with Gasteiger partial charge in [-0.1, -0.05) is 24.8 Å². The van der Waals surface area contributed by atoms with Crippen molar-refractivity contribution < 1.29 is 14.2 Å². The molecule has 2 aliphatic rings. The smallest absolute Gasteiger partial charge is 0.137 e. The first-order chi connectivity index (χ1) is 15.8. The van der Waals surface area contributed by atoms with Crippen LogP contribution in [0, 0.1) is 5.92 Å². The van der Waals surface area contributed by atoms with Crippen LogP contribution in [0.5, 0.6) is 0 Å². The fourth-order valence-corrected chi connectivity index (χ4v) is 3.83. The van der Waals surface area contributed by atoms with E-state index < -0.39 is 0 Å². The summed E-state index contributed by atoms with van der Waals surface area (Å²) in [7, 11) is 1.69. The van der Waals surface area contributed by atoms with Crippen LogP contribution < -0.4 is 0 Å². The number of hydrogen-bond donors (Lipinski definition) is 0. The van der Waals surface area contributed by atoms with E-state index in [1.165, 1.54) is 12.8 Å². The molecule has 0 radical (unpaired) electrons. The summed E-state index contributed by atoms with van der Waals surface area (Å²) < 4.78 is 17.4. The summed E-state index contributed by atoms with van der Waals surface area (Å²) in [5.74, 6) is 3.18. The van der Waals surface area contributed by atoms with Crippen molar-refractivity contribution in [2.24, 2.45) is 15.9 Å². The molecule has 0 saturated carbocycles. The molecule has 1 fully saturated rings. The van der Waals surface area contributed by atoms with Gasteiger partial charge in [0.2, 0.25) is 0 Å². The molecule has 0 unspecified atom stereocenters. The average Bonchev–Trinajstić information content (AvgIpc) is 3.00. The number of likely N-dealkylation sites (tertiary alicyclic amines) is 1. The van der Waals surface area contributed by atoms with Crippen molar-refractivity contribution in [3.8, 4) is 0 Å². The van der Waals surface area contributed by atoms with Gasteiger partial charge in [0, 0.05) is 12.6 Å². The molecule has 0 atom stereocenters. The lowest BCUT2D eigenvalue weighted by atomic mass is 9.97. The van der Waals surface area contributed by atoms with Crippen molar-refractivity contribution >= 4 is 11.9 Å². The number of ether oxygens (including phenoxy) is 3. The second-order valence-electron chi connectivity index (χ2n) is 9.65. The molecule has 0 aromatic rings. The van der Waals surface area contributed by atoms with Gasteiger partial charge < -0.3 is 19.1 Å². The summed E-state index contributed by atoms with van der Waals surface area (Å²) in [5, 5.41) is 0. The highest BCUT2D eigenvalue weighted by atomic mass is 16.5. The van der Waals surface area contributed by atoms with Crippen LogP contribution in [0.25, 0.3) is 0 Å². The number of rotatable bonds is 12. The molecular formula is C27H43N3O3. The van der Waals surface area contributed by atoms with Crippen molar-refractivity contribution in [3.63, 3.8) is 0 Å². The van der Waals surface area contributed by atoms with Crippen LogP contribution in [0.3, 0.4) is 0 Å². The lowest BCUT2D eigenvalue weighted by Gasteiger charge is -2.32. The SMILES string of the molecule is C=CC=CC/C(OCC1CCN(CCCC2=NCC(OC(C)(C)C)=CN=C2)CC1)=C(\C)OC. The maximum atomic E-state index is 6.13. The molecule has 0 bridgehead atoms. The molecule has 184 valence electrons. The van der Waals surface area contributed by atoms with Crippen LogP contribution in [0.15, 0.2) is 58.3 Å². The second kappa shape index (κ2) is 14.0. The van der Waals surface area contributed by atoms with Gasteiger partial charge in [-0.2, -0.15) is 0 Å². The molecule has 0 aliphatic carbocycles. The standard InChI is InChI=1S/C27H43N3O3/c1-7-8-9-12-26(22(2)31-6)32-21-23-13-16-30(17-14-23)15-10-11-24-18-28-19-25(20-29-24)33-27(3,4)5/h7-9,18-19,23H,1,10-17,20-21H2,2-6H3/b9-8?,26-22-. The lowest BCUT2D eigenvalue weighted by Crippen LogP contribution is -2.35. The lowest BCUT2D eigenvalue weighted by molar-refractivity contribution is 0.0508. The minimum Gasteiger partial charge on any atom is -0.498 e. The van der Waals surface area contributed by atoms with Crippen LogP contribution in [-0.4, -0.2) is 62.3 Å². The Kier molecular flexibility index (Phi) is 11.4. The van der Waals surface area contributed by atoms with E-state index in [9.17, 15) is 0 Å². The first kappa shape index (κ1) is 26.9. The van der Waals surface area contributed by atoms with Crippen molar-refractivity contribution in [1.82, 2.24) is 4.90 Å². The number of nitrogens with zero attached hydrogens (tertiary/aromatic N) is 3. The van der Waals surface area contributed by atoms with Crippen LogP contribution in [0.1, 0.15) is 59.8 Å². The van der Waals surface area contributed by atoms with E-state index in [-0.39, 0.29) is 5.60 Å². The Morgan fingerprint density at radius 1 is 1.27 bits per heavy atom. The van der Waals surface area contributed by atoms with Crippen LogP contribution in [-0.2, 0) is 14.2 Å². The molecule has 2 heterocycles. The third kappa shape index (κ3) is 10.9. The average molecular weight is 458 g/mol. The van der Waals surface area contributed by atoms with E-state index in [1.54, 1.807) is 19.4 Å². The molecular weight excluding hydrogens is 414 g/mol. The molecule has 0 N–H and O–H groups in total. The molecule has 0 aromatic heterocycles. The first-order valence-electron chi connectivity index (χ1n) is 12.1. The zero-order valence-electron chi connectivity index (χ0n) is 21.3. The third-order valence-electron chi connectivity index (χ3n) is 5.70. The van der Waals surface area contributed by atoms with Gasteiger partial charge in [-0.3, -0.25) is 9.98 Å². The number of hydrogen-bond acceptors (Lipinski definition) is 6. The molecule has 2 rings (SSSR count). The summed E-state index contributed by atoms with van der Waals surface area (Å²) in [5.41, 5.74) is 0.835. The normalized spacial score (nSPS) is 18.9. The quantitative estimate of drug-likeness (QED) is 0.279. The van der Waals surface area contributed by atoms with Crippen LogP contribution in [0.2, 0.25) is 0 Å². The molecule has 33 heavy (non-hydrogen) atoms. The van der Waals surface area contributed by atoms with Gasteiger partial charge in [0.05, 0.1) is 32.2 Å². The maximum absolute atomic E-state index is 6.13. The molecule has 6 nitrogen and oxygen atoms in total. The topological polar surface area (TPSA) is 55.7 Å². The van der Waals surface area contributed by atoms with Crippen molar-refractivity contribution in [3.05, 3.63) is 48.3 Å². The Hall–Kier alpha value is -2.34. The van der Waals surface area contributed by atoms with E-state index in [4.69, 9.17) is 14.2 Å². The van der Waals surface area contributed by atoms with Crippen molar-refractivity contribution in [2.45, 2.75) is 65.4 Å². The summed E-state index contributed by atoms with van der Waals surface area (Å²) in [4.78, 5) is 11.6. The van der Waals surface area contributed by atoms with E-state index in [0.717, 1.165) is 68.5 Å².